The summed E-state index contributed by atoms with van der Waals surface area (Å²) >= 11 is 0. The van der Waals surface area contributed by atoms with Gasteiger partial charge in [-0.1, -0.05) is 50.3 Å². The van der Waals surface area contributed by atoms with Crippen molar-refractivity contribution in [3.05, 3.63) is 70.9 Å². The van der Waals surface area contributed by atoms with Gasteiger partial charge in [-0.05, 0) is 37.8 Å². The van der Waals surface area contributed by atoms with Gasteiger partial charge in [-0.15, -0.1) is 0 Å². The monoisotopic (exact) mass is 752 g/mol. The number of rotatable bonds is 10. The van der Waals surface area contributed by atoms with Crippen molar-refractivity contribution in [1.29, 1.82) is 0 Å². The summed E-state index contributed by atoms with van der Waals surface area (Å²) in [4.78, 5) is 101. The van der Waals surface area contributed by atoms with E-state index in [1.807, 2.05) is 13.8 Å². The number of hydrogen-bond acceptors (Lipinski definition) is 16. The van der Waals surface area contributed by atoms with Crippen LogP contribution < -0.4 is 0 Å². The molecule has 0 amide bonds. The molecule has 0 N–H and O–H groups in total. The van der Waals surface area contributed by atoms with Crippen molar-refractivity contribution in [2.45, 2.75) is 115 Å². The molecule has 16 heteroatoms. The van der Waals surface area contributed by atoms with Gasteiger partial charge in [0.15, 0.2) is 0 Å². The van der Waals surface area contributed by atoms with E-state index in [4.69, 9.17) is 37.9 Å². The lowest BCUT2D eigenvalue weighted by Crippen LogP contribution is -2.56. The maximum absolute atomic E-state index is 12.8. The Labute approximate surface area is 309 Å². The summed E-state index contributed by atoms with van der Waals surface area (Å²) < 4.78 is 43.0. The molecule has 0 aromatic rings. The topological polar surface area (TPSA) is 210 Å². The molecule has 5 aliphatic rings. The van der Waals surface area contributed by atoms with Gasteiger partial charge < -0.3 is 37.9 Å². The second-order valence-electron chi connectivity index (χ2n) is 13.4. The van der Waals surface area contributed by atoms with Crippen LogP contribution in [0.1, 0.15) is 91.9 Å². The zero-order valence-corrected chi connectivity index (χ0v) is 30.2. The van der Waals surface area contributed by atoms with E-state index < -0.39 is 70.9 Å². The fourth-order valence-corrected chi connectivity index (χ4v) is 6.31. The van der Waals surface area contributed by atoms with Crippen molar-refractivity contribution in [1.82, 2.24) is 0 Å². The summed E-state index contributed by atoms with van der Waals surface area (Å²) in [5.74, 6) is -13.0. The Morgan fingerprint density at radius 1 is 0.444 bits per heavy atom. The third-order valence-electron chi connectivity index (χ3n) is 9.00. The number of carbonyl (C=O) groups is 8. The molecule has 0 radical (unpaired) electrons. The lowest BCUT2D eigenvalue weighted by molar-refractivity contribution is -0.291. The van der Waals surface area contributed by atoms with E-state index in [0.29, 0.717) is 25.7 Å². The third-order valence-corrected chi connectivity index (χ3v) is 9.00. The highest BCUT2D eigenvalue weighted by Crippen LogP contribution is 2.45. The SMILES string of the molecule is CCCC1(C)OC(=O)C(=CC=CCC=C2C(=O)OC3(CCC4(CC3)OC(=O)C(=CCC=CC=C3C(=O)OC(C)(CCC)OC3=O)C(=O)O4)OC2=O)C(=O)O1. The third kappa shape index (κ3) is 8.69. The number of cyclic esters (lactones) is 4. The van der Waals surface area contributed by atoms with Crippen LogP contribution in [0.3, 0.4) is 0 Å². The lowest BCUT2D eigenvalue weighted by atomic mass is 9.87. The molecule has 2 spiro atoms. The van der Waals surface area contributed by atoms with E-state index in [-0.39, 0.29) is 60.8 Å². The molecule has 0 aromatic carbocycles. The van der Waals surface area contributed by atoms with Crippen LogP contribution in [0.2, 0.25) is 0 Å². The van der Waals surface area contributed by atoms with Gasteiger partial charge in [-0.25, -0.2) is 38.4 Å². The molecule has 54 heavy (non-hydrogen) atoms. The van der Waals surface area contributed by atoms with Gasteiger partial charge in [-0.3, -0.25) is 0 Å². The maximum atomic E-state index is 12.8. The summed E-state index contributed by atoms with van der Waals surface area (Å²) in [5, 5.41) is 0. The van der Waals surface area contributed by atoms with E-state index in [0.717, 1.165) is 0 Å². The molecular formula is C38H40O16. The van der Waals surface area contributed by atoms with Crippen molar-refractivity contribution in [3.63, 3.8) is 0 Å². The highest BCUT2D eigenvalue weighted by molar-refractivity contribution is 6.17. The Morgan fingerprint density at radius 2 is 0.722 bits per heavy atom. The molecule has 288 valence electrons. The highest BCUT2D eigenvalue weighted by Gasteiger charge is 2.57. The van der Waals surface area contributed by atoms with Crippen LogP contribution in [0.4, 0.5) is 0 Å². The second-order valence-corrected chi connectivity index (χ2v) is 13.4. The molecule has 4 heterocycles. The summed E-state index contributed by atoms with van der Waals surface area (Å²) in [7, 11) is 0. The molecule has 1 saturated carbocycles. The fourth-order valence-electron chi connectivity index (χ4n) is 6.31. The van der Waals surface area contributed by atoms with E-state index in [9.17, 15) is 38.4 Å². The van der Waals surface area contributed by atoms with Gasteiger partial charge in [0, 0.05) is 52.4 Å². The number of hydrogen-bond donors (Lipinski definition) is 0. The first-order valence-electron chi connectivity index (χ1n) is 17.6. The minimum atomic E-state index is -1.66. The Morgan fingerprint density at radius 3 is 1.00 bits per heavy atom. The minimum Gasteiger partial charge on any atom is -0.419 e. The van der Waals surface area contributed by atoms with Crippen LogP contribution >= 0.6 is 0 Å². The van der Waals surface area contributed by atoms with Crippen LogP contribution in [0.25, 0.3) is 0 Å². The van der Waals surface area contributed by atoms with Crippen molar-refractivity contribution >= 4 is 47.8 Å². The molecule has 0 atom stereocenters. The first kappa shape index (κ1) is 39.4. The highest BCUT2D eigenvalue weighted by atomic mass is 16.8. The van der Waals surface area contributed by atoms with Crippen molar-refractivity contribution in [2.24, 2.45) is 0 Å². The van der Waals surface area contributed by atoms with Gasteiger partial charge >= 0.3 is 47.8 Å². The molecule has 4 saturated heterocycles. The largest absolute Gasteiger partial charge is 0.419 e. The molecule has 5 fully saturated rings. The second kappa shape index (κ2) is 15.7. The maximum Gasteiger partial charge on any atom is 0.348 e. The average molecular weight is 753 g/mol. The molecule has 5 rings (SSSR count). The summed E-state index contributed by atoms with van der Waals surface area (Å²) in [6.07, 6.45) is 12.2. The zero-order valence-electron chi connectivity index (χ0n) is 30.2. The quantitative estimate of drug-likeness (QED) is 0.134. The Hall–Kier alpha value is -5.80. The van der Waals surface area contributed by atoms with Crippen LogP contribution in [0.5, 0.6) is 0 Å². The zero-order chi connectivity index (χ0) is 39.3. The van der Waals surface area contributed by atoms with Crippen LogP contribution in [-0.2, 0) is 76.3 Å². The van der Waals surface area contributed by atoms with E-state index >= 15 is 0 Å². The van der Waals surface area contributed by atoms with Gasteiger partial charge in [0.05, 0.1) is 0 Å². The van der Waals surface area contributed by atoms with E-state index in [1.165, 1.54) is 62.5 Å². The van der Waals surface area contributed by atoms with Crippen molar-refractivity contribution < 1.29 is 76.3 Å². The summed E-state index contributed by atoms with van der Waals surface area (Å²) in [6, 6.07) is 0. The van der Waals surface area contributed by atoms with Crippen molar-refractivity contribution in [3.8, 4) is 0 Å². The number of esters is 8. The molecule has 0 unspecified atom stereocenters. The van der Waals surface area contributed by atoms with Crippen LogP contribution in [0.15, 0.2) is 70.9 Å². The summed E-state index contributed by atoms with van der Waals surface area (Å²) in [6.45, 7) is 6.72. The Bertz CT molecular complexity index is 1610. The smallest absolute Gasteiger partial charge is 0.348 e. The molecule has 4 aliphatic heterocycles. The normalized spacial score (nSPS) is 30.0. The predicted molar refractivity (Wildman–Crippen MR) is 179 cm³/mol. The molecule has 16 nitrogen and oxygen atoms in total. The molecule has 1 aliphatic carbocycles. The standard InChI is InChI=1S/C38H40O16/c1-5-17-35(3)47-27(39)23(28(40)48-35)13-9-7-11-15-25-31(43)51-37(52-32(25)44)19-21-38(22-20-37)53-33(45)26(34(46)54-38)16-12-8-10-14-24-29(41)49-36(4,18-6-2)50-30(24)42/h7-10,13-16H,5-6,11-12,17-22H2,1-4H3. The first-order chi connectivity index (χ1) is 25.5. The van der Waals surface area contributed by atoms with Gasteiger partial charge in [0.2, 0.25) is 0 Å². The van der Waals surface area contributed by atoms with Gasteiger partial charge in [-0.2, -0.15) is 0 Å². The Kier molecular flexibility index (Phi) is 11.4. The van der Waals surface area contributed by atoms with Gasteiger partial charge in [0.25, 0.3) is 23.1 Å². The Balaban J connectivity index is 1.11. The lowest BCUT2D eigenvalue weighted by Gasteiger charge is -2.46. The first-order valence-corrected chi connectivity index (χ1v) is 17.6. The fraction of sp³-hybridized carbons (Fsp3) is 0.474. The molecule has 0 aromatic heterocycles. The molecule has 0 bridgehead atoms. The van der Waals surface area contributed by atoms with Crippen LogP contribution in [-0.4, -0.2) is 70.9 Å². The minimum absolute atomic E-state index is 0.0360. The number of carbonyl (C=O) groups excluding carboxylic acids is 8. The van der Waals surface area contributed by atoms with E-state index in [2.05, 4.69) is 0 Å². The predicted octanol–water partition coefficient (Wildman–Crippen LogP) is 3.98. The van der Waals surface area contributed by atoms with E-state index in [1.54, 1.807) is 0 Å². The van der Waals surface area contributed by atoms with Crippen LogP contribution in [0, 0.1) is 0 Å². The average Bonchev–Trinajstić information content (AvgIpc) is 3.06. The number of allylic oxidation sites excluding steroid dienone is 8. The van der Waals surface area contributed by atoms with Crippen molar-refractivity contribution in [2.75, 3.05) is 0 Å². The number of ether oxygens (including phenoxy) is 8. The van der Waals surface area contributed by atoms with Gasteiger partial charge in [0.1, 0.15) is 22.3 Å². The summed E-state index contributed by atoms with van der Waals surface area (Å²) in [5.41, 5.74) is -1.34. The molecular weight excluding hydrogens is 712 g/mol.